The van der Waals surface area contributed by atoms with Crippen LogP contribution in [0.4, 0.5) is 0 Å². The number of ether oxygens (including phenoxy) is 3. The molecule has 3 aliphatic rings. The summed E-state index contributed by atoms with van der Waals surface area (Å²) >= 11 is 0. The molecule has 2 saturated heterocycles. The SMILES string of the molecule is Cc1cc(C)n(-c2cccc(OC3(O)C=Cc4c(n(C5CCCCO5)c5ccccc45)C3)c2)n1.c1ccc2c(c1)c1ccccc1n2C1CCCCO1. The van der Waals surface area contributed by atoms with Crippen LogP contribution in [-0.2, 0) is 15.9 Å². The summed E-state index contributed by atoms with van der Waals surface area (Å²) in [6.07, 6.45) is 11.0. The van der Waals surface area contributed by atoms with Gasteiger partial charge in [0.05, 0.1) is 34.4 Å². The van der Waals surface area contributed by atoms with Crippen LogP contribution in [-0.4, -0.2) is 43.0 Å². The van der Waals surface area contributed by atoms with Crippen molar-refractivity contribution < 1.29 is 19.3 Å². The third kappa shape index (κ3) is 6.35. The van der Waals surface area contributed by atoms with E-state index in [1.165, 1.54) is 40.0 Å². The Balaban J connectivity index is 0.000000165. The Bertz CT molecular complexity index is 2390. The molecule has 8 heteroatoms. The average molecular weight is 707 g/mol. The molecule has 270 valence electrons. The van der Waals surface area contributed by atoms with Gasteiger partial charge in [0.15, 0.2) is 0 Å². The fourth-order valence-electron chi connectivity index (χ4n) is 8.51. The minimum atomic E-state index is -1.46. The standard InChI is InChI=1S/C28H29N3O3.C17H17NO/c1-19-16-20(2)31(29-19)21-8-7-9-22(17-21)34-28(32)14-13-24-23-10-3-4-11-25(23)30(26(24)18-28)27-12-5-6-15-33-27;1-3-9-15-13(7-1)14-8-2-4-10-16(14)18(15)17-11-5-6-12-19-17/h3-4,7-11,13-14,16-17,27,32H,5-6,12,15,18H2,1-2H3;1-4,7-10,17H,5-6,11-12H2. The van der Waals surface area contributed by atoms with Gasteiger partial charge in [0.2, 0.25) is 5.79 Å². The van der Waals surface area contributed by atoms with E-state index in [-0.39, 0.29) is 12.5 Å². The predicted octanol–water partition coefficient (Wildman–Crippen LogP) is 9.97. The van der Waals surface area contributed by atoms with Gasteiger partial charge in [0.25, 0.3) is 0 Å². The largest absolute Gasteiger partial charge is 0.458 e. The van der Waals surface area contributed by atoms with Gasteiger partial charge in [0.1, 0.15) is 18.2 Å². The van der Waals surface area contributed by atoms with Gasteiger partial charge in [-0.2, -0.15) is 5.10 Å². The van der Waals surface area contributed by atoms with Crippen molar-refractivity contribution in [2.75, 3.05) is 13.2 Å². The molecule has 0 radical (unpaired) electrons. The summed E-state index contributed by atoms with van der Waals surface area (Å²) in [6, 6.07) is 35.4. The maximum Gasteiger partial charge on any atom is 0.233 e. The number of fused-ring (bicyclic) bond motifs is 6. The molecular weight excluding hydrogens is 661 g/mol. The number of aliphatic hydroxyl groups is 1. The van der Waals surface area contributed by atoms with Crippen LogP contribution in [0.15, 0.2) is 109 Å². The fraction of sp³-hybridized carbons (Fsp3) is 0.311. The van der Waals surface area contributed by atoms with Gasteiger partial charge in [-0.05, 0) is 94.8 Å². The summed E-state index contributed by atoms with van der Waals surface area (Å²) in [5.41, 5.74) is 8.81. The van der Waals surface area contributed by atoms with Crippen molar-refractivity contribution in [3.05, 3.63) is 132 Å². The van der Waals surface area contributed by atoms with Crippen molar-refractivity contribution in [2.24, 2.45) is 0 Å². The number of aromatic nitrogens is 4. The highest BCUT2D eigenvalue weighted by Crippen LogP contribution is 2.40. The number of hydrogen-bond donors (Lipinski definition) is 1. The maximum absolute atomic E-state index is 11.6. The van der Waals surface area contributed by atoms with E-state index in [4.69, 9.17) is 14.2 Å². The van der Waals surface area contributed by atoms with Crippen molar-refractivity contribution in [3.63, 3.8) is 0 Å². The minimum Gasteiger partial charge on any atom is -0.458 e. The molecule has 1 N–H and O–H groups in total. The van der Waals surface area contributed by atoms with E-state index in [9.17, 15) is 5.11 Å². The van der Waals surface area contributed by atoms with E-state index >= 15 is 0 Å². The number of rotatable bonds is 5. The lowest BCUT2D eigenvalue weighted by atomic mass is 9.97. The van der Waals surface area contributed by atoms with Gasteiger partial charge in [0, 0.05) is 52.4 Å². The van der Waals surface area contributed by atoms with Crippen LogP contribution >= 0.6 is 0 Å². The Hall–Kier alpha value is -5.15. The predicted molar refractivity (Wildman–Crippen MR) is 210 cm³/mol. The number of nitrogens with zero attached hydrogens (tertiary/aromatic N) is 4. The third-order valence-electron chi connectivity index (χ3n) is 10.9. The molecule has 2 fully saturated rings. The van der Waals surface area contributed by atoms with Crippen LogP contribution in [0, 0.1) is 13.8 Å². The summed E-state index contributed by atoms with van der Waals surface area (Å²) in [4.78, 5) is 0. The molecule has 2 aliphatic heterocycles. The molecule has 5 heterocycles. The molecule has 0 saturated carbocycles. The Morgan fingerprint density at radius 2 is 1.30 bits per heavy atom. The summed E-state index contributed by atoms with van der Waals surface area (Å²) in [5.74, 6) is -0.862. The summed E-state index contributed by atoms with van der Waals surface area (Å²) in [6.45, 7) is 5.65. The molecule has 3 unspecified atom stereocenters. The Morgan fingerprint density at radius 3 is 1.91 bits per heavy atom. The second kappa shape index (κ2) is 14.0. The number of benzene rings is 4. The van der Waals surface area contributed by atoms with Crippen LogP contribution in [0.1, 0.15) is 73.6 Å². The van der Waals surface area contributed by atoms with Crippen molar-refractivity contribution in [1.29, 1.82) is 0 Å². The highest BCUT2D eigenvalue weighted by molar-refractivity contribution is 6.08. The van der Waals surface area contributed by atoms with Gasteiger partial charge in [-0.1, -0.05) is 66.7 Å². The molecule has 0 bridgehead atoms. The lowest BCUT2D eigenvalue weighted by molar-refractivity contribution is -0.0967. The van der Waals surface area contributed by atoms with Gasteiger partial charge < -0.3 is 28.5 Å². The van der Waals surface area contributed by atoms with Gasteiger partial charge in [-0.25, -0.2) is 4.68 Å². The molecule has 3 aromatic heterocycles. The van der Waals surface area contributed by atoms with E-state index in [1.807, 2.05) is 54.9 Å². The van der Waals surface area contributed by atoms with Crippen molar-refractivity contribution in [1.82, 2.24) is 18.9 Å². The highest BCUT2D eigenvalue weighted by atomic mass is 16.6. The fourth-order valence-corrected chi connectivity index (χ4v) is 8.51. The molecule has 0 amide bonds. The van der Waals surface area contributed by atoms with E-state index < -0.39 is 5.79 Å². The lowest BCUT2D eigenvalue weighted by Crippen LogP contribution is -2.39. The first kappa shape index (κ1) is 33.7. The zero-order chi connectivity index (χ0) is 35.9. The van der Waals surface area contributed by atoms with Crippen LogP contribution in [0.2, 0.25) is 0 Å². The topological polar surface area (TPSA) is 75.6 Å². The smallest absolute Gasteiger partial charge is 0.233 e. The van der Waals surface area contributed by atoms with Crippen LogP contribution in [0.25, 0.3) is 44.5 Å². The Labute approximate surface area is 309 Å². The van der Waals surface area contributed by atoms with Crippen molar-refractivity contribution in [2.45, 2.75) is 77.0 Å². The monoisotopic (exact) mass is 706 g/mol. The quantitative estimate of drug-likeness (QED) is 0.180. The van der Waals surface area contributed by atoms with Crippen LogP contribution < -0.4 is 4.74 Å². The molecule has 4 aromatic carbocycles. The van der Waals surface area contributed by atoms with Crippen molar-refractivity contribution in [3.8, 4) is 11.4 Å². The molecular formula is C45H46N4O4. The summed E-state index contributed by atoms with van der Waals surface area (Å²) in [5, 5.41) is 20.0. The van der Waals surface area contributed by atoms with Crippen LogP contribution in [0.5, 0.6) is 5.75 Å². The summed E-state index contributed by atoms with van der Waals surface area (Å²) < 4.78 is 24.9. The minimum absolute atomic E-state index is 0.0208. The molecule has 8 nitrogen and oxygen atoms in total. The van der Waals surface area contributed by atoms with Gasteiger partial charge in [-0.15, -0.1) is 0 Å². The molecule has 0 spiro atoms. The van der Waals surface area contributed by atoms with Crippen molar-refractivity contribution >= 4 is 38.8 Å². The van der Waals surface area contributed by atoms with E-state index in [0.29, 0.717) is 12.2 Å². The second-order valence-corrected chi connectivity index (χ2v) is 14.6. The number of aryl methyl sites for hydroxylation is 2. The molecule has 3 atom stereocenters. The molecule has 10 rings (SSSR count). The first-order valence-corrected chi connectivity index (χ1v) is 19.0. The average Bonchev–Trinajstić information content (AvgIpc) is 3.83. The van der Waals surface area contributed by atoms with Gasteiger partial charge >= 0.3 is 0 Å². The summed E-state index contributed by atoms with van der Waals surface area (Å²) in [7, 11) is 0. The first-order chi connectivity index (χ1) is 26.0. The van der Waals surface area contributed by atoms with E-state index in [2.05, 4.69) is 87.0 Å². The zero-order valence-corrected chi connectivity index (χ0v) is 30.4. The molecule has 7 aromatic rings. The Morgan fingerprint density at radius 1 is 0.698 bits per heavy atom. The zero-order valence-electron chi connectivity index (χ0n) is 30.4. The van der Waals surface area contributed by atoms with Crippen LogP contribution in [0.3, 0.4) is 0 Å². The molecule has 1 aliphatic carbocycles. The number of para-hydroxylation sites is 3. The lowest BCUT2D eigenvalue weighted by Gasteiger charge is -2.32. The molecule has 53 heavy (non-hydrogen) atoms. The van der Waals surface area contributed by atoms with Gasteiger partial charge in [-0.3, -0.25) is 0 Å². The normalized spacial score (nSPS) is 21.4. The second-order valence-electron chi connectivity index (χ2n) is 14.6. The van der Waals surface area contributed by atoms with E-state index in [0.717, 1.165) is 72.7 Å². The third-order valence-corrected chi connectivity index (χ3v) is 10.9. The number of hydrogen-bond acceptors (Lipinski definition) is 5. The van der Waals surface area contributed by atoms with E-state index in [1.54, 1.807) is 6.08 Å². The highest BCUT2D eigenvalue weighted by Gasteiger charge is 2.36. The maximum atomic E-state index is 11.6. The Kier molecular flexibility index (Phi) is 8.90. The first-order valence-electron chi connectivity index (χ1n) is 19.0.